The normalized spacial score (nSPS) is 14.3. The van der Waals surface area contributed by atoms with E-state index < -0.39 is 10.0 Å². The summed E-state index contributed by atoms with van der Waals surface area (Å²) in [5.41, 5.74) is 3.16. The van der Waals surface area contributed by atoms with Gasteiger partial charge in [-0.1, -0.05) is 24.3 Å². The second-order valence-corrected chi connectivity index (χ2v) is 10.6. The van der Waals surface area contributed by atoms with Crippen LogP contribution in [0.4, 0.5) is 5.69 Å². The van der Waals surface area contributed by atoms with Crippen LogP contribution in [0.1, 0.15) is 21.5 Å². The molecule has 3 aromatic rings. The number of morpholine rings is 1. The fourth-order valence-electron chi connectivity index (χ4n) is 3.93. The highest BCUT2D eigenvalue weighted by Crippen LogP contribution is 2.24. The SMILES string of the molecule is COc1ccc(S(=O)(=O)N(C)c2ccc(C(=O)NCc3ccc(CN4CCOCC4)cc3)cc2)cc1. The Morgan fingerprint density at radius 2 is 1.56 bits per heavy atom. The molecule has 4 rings (SSSR count). The maximum Gasteiger partial charge on any atom is 0.264 e. The van der Waals surface area contributed by atoms with Crippen molar-refractivity contribution in [3.63, 3.8) is 0 Å². The lowest BCUT2D eigenvalue weighted by Gasteiger charge is -2.26. The van der Waals surface area contributed by atoms with Crippen molar-refractivity contribution in [3.05, 3.63) is 89.5 Å². The van der Waals surface area contributed by atoms with Crippen molar-refractivity contribution in [1.29, 1.82) is 0 Å². The lowest BCUT2D eigenvalue weighted by Crippen LogP contribution is -2.35. The Hall–Kier alpha value is -3.40. The lowest BCUT2D eigenvalue weighted by molar-refractivity contribution is 0.0342. The quantitative estimate of drug-likeness (QED) is 0.476. The van der Waals surface area contributed by atoms with Gasteiger partial charge in [-0.15, -0.1) is 0 Å². The summed E-state index contributed by atoms with van der Waals surface area (Å²) in [6, 6.07) is 20.9. The van der Waals surface area contributed by atoms with Gasteiger partial charge in [0.15, 0.2) is 0 Å². The Morgan fingerprint density at radius 1 is 0.944 bits per heavy atom. The molecule has 0 bridgehead atoms. The average molecular weight is 510 g/mol. The van der Waals surface area contributed by atoms with Crippen molar-refractivity contribution < 1.29 is 22.7 Å². The number of ether oxygens (including phenoxy) is 2. The Morgan fingerprint density at radius 3 is 2.17 bits per heavy atom. The van der Waals surface area contributed by atoms with E-state index in [9.17, 15) is 13.2 Å². The van der Waals surface area contributed by atoms with Gasteiger partial charge in [0.25, 0.3) is 15.9 Å². The van der Waals surface area contributed by atoms with E-state index in [1.54, 1.807) is 36.4 Å². The first kappa shape index (κ1) is 25.7. The second kappa shape index (κ2) is 11.6. The first-order valence-corrected chi connectivity index (χ1v) is 13.2. The van der Waals surface area contributed by atoms with E-state index in [0.29, 0.717) is 23.5 Å². The first-order chi connectivity index (χ1) is 17.4. The van der Waals surface area contributed by atoms with Crippen LogP contribution in [0.2, 0.25) is 0 Å². The number of amides is 1. The zero-order valence-electron chi connectivity index (χ0n) is 20.5. The van der Waals surface area contributed by atoms with Gasteiger partial charge in [0.1, 0.15) is 5.75 Å². The highest BCUT2D eigenvalue weighted by molar-refractivity contribution is 7.92. The van der Waals surface area contributed by atoms with E-state index in [0.717, 1.165) is 38.4 Å². The van der Waals surface area contributed by atoms with Gasteiger partial charge in [-0.3, -0.25) is 14.0 Å². The largest absolute Gasteiger partial charge is 0.497 e. The molecule has 1 aliphatic heterocycles. The number of nitrogens with one attached hydrogen (secondary N) is 1. The molecule has 1 amide bonds. The number of methoxy groups -OCH3 is 1. The van der Waals surface area contributed by atoms with Crippen LogP contribution in [-0.2, 0) is 27.8 Å². The molecule has 0 aromatic heterocycles. The van der Waals surface area contributed by atoms with Crippen LogP contribution in [-0.4, -0.2) is 59.7 Å². The summed E-state index contributed by atoms with van der Waals surface area (Å²) < 4.78 is 37.6. The molecule has 1 aliphatic rings. The van der Waals surface area contributed by atoms with Crippen LogP contribution in [0, 0.1) is 0 Å². The molecule has 1 heterocycles. The van der Waals surface area contributed by atoms with Gasteiger partial charge in [-0.25, -0.2) is 8.42 Å². The topological polar surface area (TPSA) is 88.2 Å². The van der Waals surface area contributed by atoms with Crippen molar-refractivity contribution in [3.8, 4) is 5.75 Å². The summed E-state index contributed by atoms with van der Waals surface area (Å²) >= 11 is 0. The summed E-state index contributed by atoms with van der Waals surface area (Å²) in [7, 11) is -0.733. The van der Waals surface area contributed by atoms with E-state index in [1.807, 2.05) is 12.1 Å². The molecule has 9 heteroatoms. The van der Waals surface area contributed by atoms with Crippen LogP contribution in [0.25, 0.3) is 0 Å². The van der Waals surface area contributed by atoms with Gasteiger partial charge < -0.3 is 14.8 Å². The molecular formula is C27H31N3O5S. The van der Waals surface area contributed by atoms with Crippen LogP contribution in [0.5, 0.6) is 5.75 Å². The van der Waals surface area contributed by atoms with Crippen LogP contribution in [0.15, 0.2) is 77.7 Å². The van der Waals surface area contributed by atoms with E-state index in [4.69, 9.17) is 9.47 Å². The van der Waals surface area contributed by atoms with Crippen LogP contribution < -0.4 is 14.4 Å². The predicted octanol–water partition coefficient (Wildman–Crippen LogP) is 3.28. The maximum absolute atomic E-state index is 12.9. The summed E-state index contributed by atoms with van der Waals surface area (Å²) in [4.78, 5) is 15.2. The van der Waals surface area contributed by atoms with Gasteiger partial charge in [0.05, 0.1) is 30.9 Å². The predicted molar refractivity (Wildman–Crippen MR) is 139 cm³/mol. The third-order valence-corrected chi connectivity index (χ3v) is 8.00. The smallest absolute Gasteiger partial charge is 0.264 e. The Kier molecular flexibility index (Phi) is 8.25. The summed E-state index contributed by atoms with van der Waals surface area (Å²) in [5.74, 6) is 0.357. The zero-order chi connectivity index (χ0) is 25.5. The minimum atomic E-state index is -3.74. The van der Waals surface area contributed by atoms with Gasteiger partial charge in [-0.05, 0) is 59.7 Å². The number of nitrogens with zero attached hydrogens (tertiary/aromatic N) is 2. The molecule has 0 saturated carbocycles. The number of anilines is 1. The van der Waals surface area contributed by atoms with Crippen molar-refractivity contribution >= 4 is 21.6 Å². The Balaban J connectivity index is 1.32. The maximum atomic E-state index is 12.9. The first-order valence-electron chi connectivity index (χ1n) is 11.8. The Labute approximate surface area is 212 Å². The molecular weight excluding hydrogens is 478 g/mol. The number of hydrogen-bond acceptors (Lipinski definition) is 6. The molecule has 1 N–H and O–H groups in total. The highest BCUT2D eigenvalue weighted by Gasteiger charge is 2.21. The minimum Gasteiger partial charge on any atom is -0.497 e. The van der Waals surface area contributed by atoms with Crippen LogP contribution in [0.3, 0.4) is 0 Å². The molecule has 0 radical (unpaired) electrons. The molecule has 0 unspecified atom stereocenters. The molecule has 3 aromatic carbocycles. The minimum absolute atomic E-state index is 0.156. The number of sulfonamides is 1. The average Bonchev–Trinajstić information content (AvgIpc) is 2.92. The lowest BCUT2D eigenvalue weighted by atomic mass is 10.1. The van der Waals surface area contributed by atoms with E-state index in [2.05, 4.69) is 22.3 Å². The summed E-state index contributed by atoms with van der Waals surface area (Å²) in [6.07, 6.45) is 0. The van der Waals surface area contributed by atoms with E-state index >= 15 is 0 Å². The van der Waals surface area contributed by atoms with Crippen molar-refractivity contribution in [2.24, 2.45) is 0 Å². The van der Waals surface area contributed by atoms with E-state index in [1.165, 1.54) is 36.2 Å². The molecule has 36 heavy (non-hydrogen) atoms. The molecule has 1 fully saturated rings. The van der Waals surface area contributed by atoms with Crippen LogP contribution >= 0.6 is 0 Å². The fraction of sp³-hybridized carbons (Fsp3) is 0.296. The fourth-order valence-corrected chi connectivity index (χ4v) is 5.13. The van der Waals surface area contributed by atoms with E-state index in [-0.39, 0.29) is 10.8 Å². The second-order valence-electron chi connectivity index (χ2n) is 8.58. The number of carbonyl (C=O) groups excluding carboxylic acids is 1. The number of benzene rings is 3. The van der Waals surface area contributed by atoms with Gasteiger partial charge >= 0.3 is 0 Å². The third-order valence-electron chi connectivity index (χ3n) is 6.20. The molecule has 0 aliphatic carbocycles. The van der Waals surface area contributed by atoms with Crippen molar-refractivity contribution in [2.75, 3.05) is 44.8 Å². The molecule has 190 valence electrons. The zero-order valence-corrected chi connectivity index (χ0v) is 21.3. The molecule has 0 atom stereocenters. The third kappa shape index (κ3) is 6.23. The summed E-state index contributed by atoms with van der Waals surface area (Å²) in [6.45, 7) is 4.74. The molecule has 0 spiro atoms. The highest BCUT2D eigenvalue weighted by atomic mass is 32.2. The number of carbonyl (C=O) groups is 1. The molecule has 1 saturated heterocycles. The van der Waals surface area contributed by atoms with Gasteiger partial charge in [0, 0.05) is 38.8 Å². The number of rotatable bonds is 9. The van der Waals surface area contributed by atoms with Crippen molar-refractivity contribution in [1.82, 2.24) is 10.2 Å². The standard InChI is InChI=1S/C27H31N3O5S/c1-29(36(32,33)26-13-11-25(34-2)12-14-26)24-9-7-23(8-10-24)27(31)28-19-21-3-5-22(6-4-21)20-30-15-17-35-18-16-30/h3-14H,15-20H2,1-2H3,(H,28,31). The monoisotopic (exact) mass is 509 g/mol. The van der Waals surface area contributed by atoms with Gasteiger partial charge in [0.2, 0.25) is 0 Å². The van der Waals surface area contributed by atoms with Crippen molar-refractivity contribution in [2.45, 2.75) is 18.0 Å². The summed E-state index contributed by atoms with van der Waals surface area (Å²) in [5, 5.41) is 2.92. The Bertz CT molecular complexity index is 1250. The number of hydrogen-bond donors (Lipinski definition) is 1. The van der Waals surface area contributed by atoms with Gasteiger partial charge in [-0.2, -0.15) is 0 Å². The molecule has 8 nitrogen and oxygen atoms in total.